The number of dihydropyridines is 2. The normalized spacial score (nSPS) is 29.9. The number of nitrogens with two attached hydrogens (primary N) is 1. The highest BCUT2D eigenvalue weighted by molar-refractivity contribution is 5.93. The lowest BCUT2D eigenvalue weighted by molar-refractivity contribution is -0.171. The molecule has 10 N–H and O–H groups in total. The minimum absolute atomic E-state index is 0.00424. The summed E-state index contributed by atoms with van der Waals surface area (Å²) in [6.45, 7) is 5.93. The Morgan fingerprint density at radius 3 is 2.64 bits per heavy atom. The van der Waals surface area contributed by atoms with Crippen LogP contribution in [0.3, 0.4) is 0 Å². The molecule has 8 atom stereocenters. The average molecular weight is 903 g/mol. The van der Waals surface area contributed by atoms with Crippen molar-refractivity contribution in [2.45, 2.75) is 127 Å². The fourth-order valence-electron chi connectivity index (χ4n) is 13.1. The number of likely N-dealkylation sites (N-methyl/N-ethyl adjacent to an activating group) is 1. The van der Waals surface area contributed by atoms with Gasteiger partial charge in [0, 0.05) is 54.1 Å². The molecule has 1 aromatic heterocycles. The van der Waals surface area contributed by atoms with Gasteiger partial charge in [0.15, 0.2) is 5.43 Å². The van der Waals surface area contributed by atoms with Crippen molar-refractivity contribution in [1.82, 2.24) is 16.0 Å². The number of ether oxygens (including phenoxy) is 2. The molecule has 350 valence electrons. The van der Waals surface area contributed by atoms with E-state index < -0.39 is 59.5 Å². The van der Waals surface area contributed by atoms with Crippen LogP contribution in [0.4, 0.5) is 0 Å². The Bertz CT molecular complexity index is 2710. The van der Waals surface area contributed by atoms with E-state index in [9.17, 15) is 35.1 Å². The van der Waals surface area contributed by atoms with E-state index in [1.807, 2.05) is 13.0 Å². The number of carbonyl (C=O) groups is 1. The van der Waals surface area contributed by atoms with Crippen LogP contribution in [0, 0.1) is 17.8 Å². The topological polar surface area (TPSA) is 229 Å². The summed E-state index contributed by atoms with van der Waals surface area (Å²) in [4.78, 5) is 29.1. The molecule has 2 saturated carbocycles. The number of esters is 1. The monoisotopic (exact) mass is 902 g/mol. The molecule has 5 heterocycles. The van der Waals surface area contributed by atoms with Gasteiger partial charge in [-0.05, 0) is 129 Å². The summed E-state index contributed by atoms with van der Waals surface area (Å²) in [7, 11) is 0. The maximum atomic E-state index is 14.8. The number of aromatic hydroxyl groups is 2. The minimum atomic E-state index is -1.35. The van der Waals surface area contributed by atoms with E-state index in [1.54, 1.807) is 25.1 Å². The predicted octanol–water partition coefficient (Wildman–Crippen LogP) is 5.45. The van der Waals surface area contributed by atoms with Crippen LogP contribution in [-0.4, -0.2) is 74.7 Å². The van der Waals surface area contributed by atoms with Crippen molar-refractivity contribution in [3.8, 4) is 17.2 Å². The molecule has 4 bridgehead atoms. The average Bonchev–Trinajstić information content (AvgIpc) is 3.66. The molecular formula is C52H62N4O10. The van der Waals surface area contributed by atoms with Gasteiger partial charge in [-0.15, -0.1) is 0 Å². The minimum Gasteiger partial charge on any atom is -0.508 e. The van der Waals surface area contributed by atoms with Crippen LogP contribution in [0.1, 0.15) is 112 Å². The molecular weight excluding hydrogens is 841 g/mol. The van der Waals surface area contributed by atoms with Gasteiger partial charge in [-0.2, -0.15) is 0 Å². The molecule has 3 aromatic rings. The van der Waals surface area contributed by atoms with Gasteiger partial charge in [-0.25, -0.2) is 4.79 Å². The summed E-state index contributed by atoms with van der Waals surface area (Å²) in [5.41, 5.74) is 10.4. The molecule has 4 aliphatic heterocycles. The van der Waals surface area contributed by atoms with Crippen molar-refractivity contribution >= 4 is 16.9 Å². The molecule has 0 saturated heterocycles. The van der Waals surface area contributed by atoms with Crippen LogP contribution in [0.5, 0.6) is 17.2 Å². The summed E-state index contributed by atoms with van der Waals surface area (Å²) in [5, 5.41) is 68.2. The van der Waals surface area contributed by atoms with E-state index in [-0.39, 0.29) is 69.7 Å². The molecule has 7 aliphatic rings. The number of carbonyl (C=O) groups excluding carboxylic acids is 1. The molecule has 66 heavy (non-hydrogen) atoms. The summed E-state index contributed by atoms with van der Waals surface area (Å²) >= 11 is 0. The SMILES string of the molecule is CC=C(C(=O)OC1Cc2c3c(c4oc(CO)cc(=O)c4c2O)C2C4=CCNC(N)=C4C(CCc4ccc(O)cc4C2CO)C2CCC4=CC(NCC)NC=C4CC2C1(C)O3)C1(O)CCCC1. The second kappa shape index (κ2) is 17.0. The molecule has 0 spiro atoms. The van der Waals surface area contributed by atoms with Crippen LogP contribution < -0.4 is 31.8 Å². The molecule has 2 fully saturated rings. The first-order chi connectivity index (χ1) is 31.8. The summed E-state index contributed by atoms with van der Waals surface area (Å²) in [5.74, 6) is -2.69. The van der Waals surface area contributed by atoms with E-state index in [0.717, 1.165) is 60.6 Å². The fourth-order valence-corrected chi connectivity index (χ4v) is 13.1. The van der Waals surface area contributed by atoms with Crippen LogP contribution in [-0.2, 0) is 29.0 Å². The summed E-state index contributed by atoms with van der Waals surface area (Å²) in [6, 6.07) is 6.44. The Hall–Kier alpha value is -5.54. The number of hydrogen-bond acceptors (Lipinski definition) is 14. The first-order valence-corrected chi connectivity index (χ1v) is 23.8. The number of phenols is 2. The number of aryl methyl sites for hydroxylation is 1. The Morgan fingerprint density at radius 1 is 1.09 bits per heavy atom. The number of aliphatic hydroxyl groups is 3. The largest absolute Gasteiger partial charge is 0.508 e. The van der Waals surface area contributed by atoms with Gasteiger partial charge < -0.3 is 55.8 Å². The third-order valence-corrected chi connectivity index (χ3v) is 16.2. The van der Waals surface area contributed by atoms with Crippen molar-refractivity contribution in [3.05, 3.63) is 121 Å². The smallest absolute Gasteiger partial charge is 0.337 e. The second-order valence-corrected chi connectivity index (χ2v) is 19.6. The number of benzene rings is 2. The lowest BCUT2D eigenvalue weighted by Crippen LogP contribution is -2.59. The number of phenolic OH excluding ortho intramolecular Hbond substituents is 2. The molecule has 0 radical (unpaired) electrons. The zero-order valence-corrected chi connectivity index (χ0v) is 37.9. The van der Waals surface area contributed by atoms with Crippen LogP contribution in [0.15, 0.2) is 91.6 Å². The highest BCUT2D eigenvalue weighted by atomic mass is 16.6. The predicted molar refractivity (Wildman–Crippen MR) is 247 cm³/mol. The maximum absolute atomic E-state index is 14.8. The number of allylic oxidation sites excluding steroid dienone is 5. The Labute approximate surface area is 383 Å². The molecule has 14 nitrogen and oxygen atoms in total. The third kappa shape index (κ3) is 7.05. The van der Waals surface area contributed by atoms with E-state index in [1.165, 1.54) is 5.57 Å². The van der Waals surface area contributed by atoms with Gasteiger partial charge in [-0.3, -0.25) is 10.1 Å². The summed E-state index contributed by atoms with van der Waals surface area (Å²) < 4.78 is 21.0. The number of aliphatic hydroxyl groups excluding tert-OH is 2. The molecule has 10 rings (SSSR count). The zero-order chi connectivity index (χ0) is 46.2. The number of fused-ring (bicyclic) bond motifs is 9. The maximum Gasteiger partial charge on any atom is 0.337 e. The lowest BCUT2D eigenvalue weighted by atomic mass is 9.61. The van der Waals surface area contributed by atoms with Gasteiger partial charge in [0.25, 0.3) is 0 Å². The number of rotatable bonds is 7. The Kier molecular flexibility index (Phi) is 11.4. The van der Waals surface area contributed by atoms with E-state index >= 15 is 0 Å². The molecule has 14 heteroatoms. The molecule has 3 aliphatic carbocycles. The van der Waals surface area contributed by atoms with Crippen molar-refractivity contribution in [3.63, 3.8) is 0 Å². The van der Waals surface area contributed by atoms with E-state index in [4.69, 9.17) is 19.6 Å². The quantitative estimate of drug-likeness (QED) is 0.106. The third-order valence-electron chi connectivity index (χ3n) is 16.2. The number of hydrogen-bond donors (Lipinski definition) is 9. The first kappa shape index (κ1) is 44.3. The number of nitrogens with one attached hydrogen (secondary N) is 3. The lowest BCUT2D eigenvalue weighted by Gasteiger charge is -2.52. The van der Waals surface area contributed by atoms with Gasteiger partial charge >= 0.3 is 5.97 Å². The Morgan fingerprint density at radius 2 is 1.89 bits per heavy atom. The molecule has 2 aromatic carbocycles. The van der Waals surface area contributed by atoms with Crippen LogP contribution in [0.25, 0.3) is 11.0 Å². The molecule has 0 amide bonds. The standard InChI is InChI=1S/C52H62N4O10/c1-4-37(52(63)15-6-7-16-52)50(62)65-40-22-35-46(61)44-39(60)21-30(24-57)64-48(44)45-42-33-14-17-55-49(53)43(33)32(13-9-26-8-11-29(59)20-34(26)36(42)25-58)31-12-10-27-19-41(54-5-2)56-23-28(27)18-38(31)51(40,3)66-47(35)45/h4,8,11,14,19-21,23,31-32,36,38,40-42,54-59,61,63H,5-7,9-10,12-13,15-18,22,24-25,53H2,1-3H3. The Balaban J connectivity index is 1.31. The summed E-state index contributed by atoms with van der Waals surface area (Å²) in [6.07, 6.45) is 12.5. The van der Waals surface area contributed by atoms with Crippen LogP contribution in [0.2, 0.25) is 0 Å². The second-order valence-electron chi connectivity index (χ2n) is 19.6. The first-order valence-electron chi connectivity index (χ1n) is 23.8. The van der Waals surface area contributed by atoms with Crippen LogP contribution >= 0.6 is 0 Å². The van der Waals surface area contributed by atoms with Gasteiger partial charge in [0.2, 0.25) is 0 Å². The highest BCUT2D eigenvalue weighted by Gasteiger charge is 2.58. The highest BCUT2D eigenvalue weighted by Crippen LogP contribution is 2.61. The van der Waals surface area contributed by atoms with Gasteiger partial charge in [-0.1, -0.05) is 38.0 Å². The van der Waals surface area contributed by atoms with Crippen molar-refractivity contribution in [1.29, 1.82) is 0 Å². The van der Waals surface area contributed by atoms with Gasteiger partial charge in [0.1, 0.15) is 58.1 Å². The fraction of sp³-hybridized carbons (Fsp3) is 0.500. The van der Waals surface area contributed by atoms with Gasteiger partial charge in [0.05, 0.1) is 23.9 Å². The van der Waals surface area contributed by atoms with Crippen molar-refractivity contribution < 1.29 is 44.2 Å². The molecule has 8 unspecified atom stereocenters. The van der Waals surface area contributed by atoms with E-state index in [0.29, 0.717) is 55.6 Å². The van der Waals surface area contributed by atoms with Crippen molar-refractivity contribution in [2.24, 2.45) is 23.5 Å². The van der Waals surface area contributed by atoms with E-state index in [2.05, 4.69) is 41.2 Å². The van der Waals surface area contributed by atoms with Crippen molar-refractivity contribution in [2.75, 3.05) is 19.7 Å². The zero-order valence-electron chi connectivity index (χ0n) is 37.9.